The molecule has 0 saturated heterocycles. The van der Waals surface area contributed by atoms with E-state index in [-0.39, 0.29) is 53.4 Å². The van der Waals surface area contributed by atoms with E-state index < -0.39 is 23.1 Å². The summed E-state index contributed by atoms with van der Waals surface area (Å²) in [5.41, 5.74) is 0.0749. The van der Waals surface area contributed by atoms with Crippen molar-refractivity contribution in [3.8, 4) is 34.5 Å². The second kappa shape index (κ2) is 9.67. The summed E-state index contributed by atoms with van der Waals surface area (Å²) >= 11 is 0. The van der Waals surface area contributed by atoms with Crippen LogP contribution in [0.3, 0.4) is 0 Å². The maximum Gasteiger partial charge on any atom is 0.232 e. The minimum absolute atomic E-state index is 0.0466. The van der Waals surface area contributed by atoms with Gasteiger partial charge in [-0.2, -0.15) is 0 Å². The van der Waals surface area contributed by atoms with E-state index in [1.54, 1.807) is 26.0 Å². The Morgan fingerprint density at radius 3 is 1.34 bits per heavy atom. The fourth-order valence-electron chi connectivity index (χ4n) is 6.42. The number of aliphatic hydroxyl groups is 2. The smallest absolute Gasteiger partial charge is 0.232 e. The molecule has 10 heteroatoms. The molecule has 0 fully saturated rings. The topological polar surface area (TPSA) is 130 Å². The van der Waals surface area contributed by atoms with Crippen LogP contribution in [0.15, 0.2) is 21.7 Å². The van der Waals surface area contributed by atoms with Crippen molar-refractivity contribution in [1.29, 1.82) is 0 Å². The molecule has 0 unspecified atom stereocenters. The Bertz CT molecular complexity index is 1820. The lowest BCUT2D eigenvalue weighted by molar-refractivity contribution is 0.125. The summed E-state index contributed by atoms with van der Waals surface area (Å²) in [6.45, 7) is 3.10. The number of methoxy groups -OCH3 is 4. The van der Waals surface area contributed by atoms with Crippen molar-refractivity contribution in [1.82, 2.24) is 0 Å². The highest BCUT2D eigenvalue weighted by atomic mass is 16.7. The van der Waals surface area contributed by atoms with E-state index in [2.05, 4.69) is 0 Å². The van der Waals surface area contributed by atoms with E-state index in [0.717, 1.165) is 0 Å². The molecule has 0 saturated carbocycles. The molecule has 1 heterocycles. The zero-order chi connectivity index (χ0) is 29.3. The van der Waals surface area contributed by atoms with Gasteiger partial charge >= 0.3 is 0 Å². The van der Waals surface area contributed by atoms with Crippen LogP contribution >= 0.6 is 0 Å². The first-order valence-electron chi connectivity index (χ1n) is 13.2. The summed E-state index contributed by atoms with van der Waals surface area (Å²) < 4.78 is 34.9. The third kappa shape index (κ3) is 3.63. The maximum atomic E-state index is 14.1. The molecule has 214 valence electrons. The number of aliphatic hydroxyl groups excluding tert-OH is 2. The largest absolute Gasteiger partial charge is 0.496 e. The standard InChI is InChI=1S/C31H30O10/c1-12(32)7-14-20-21-15(8-13(2)33)31(39-6)29(35)25-17(37-4)10-19-23(27(21)25)22-18(40-11-41-19)9-16(36-3)24(26(20)22)28(34)30(14)38-5/h9-10,12-13,32-33H,7-8,11H2,1-6H3/t12-,13-/m1/s1. The molecule has 0 bridgehead atoms. The molecule has 0 aromatic heterocycles. The molecule has 2 atom stereocenters. The molecule has 0 radical (unpaired) electrons. The normalized spacial score (nSPS) is 14.3. The van der Waals surface area contributed by atoms with E-state index >= 15 is 0 Å². The van der Waals surface area contributed by atoms with Crippen LogP contribution in [0.1, 0.15) is 25.0 Å². The molecule has 10 nitrogen and oxygen atoms in total. The molecule has 1 aliphatic rings. The predicted octanol–water partition coefficient (Wildman–Crippen LogP) is 3.51. The van der Waals surface area contributed by atoms with E-state index in [9.17, 15) is 19.8 Å². The zero-order valence-corrected chi connectivity index (χ0v) is 23.6. The SMILES string of the molecule is COc1c(C[C@@H](C)O)c2c3c(C[C@@H](C)O)c(OC)c(=O)c4c(OC)cc5c(c6c(cc(OC)c(c1=O)c62)OCO5)c43. The van der Waals surface area contributed by atoms with Crippen molar-refractivity contribution < 1.29 is 38.6 Å². The monoisotopic (exact) mass is 562 g/mol. The number of hydrogen-bond donors (Lipinski definition) is 2. The van der Waals surface area contributed by atoms with Crippen molar-refractivity contribution in [3.05, 3.63) is 43.7 Å². The maximum absolute atomic E-state index is 14.1. The van der Waals surface area contributed by atoms with E-state index in [0.29, 0.717) is 54.9 Å². The van der Waals surface area contributed by atoms with Gasteiger partial charge in [0, 0.05) is 57.6 Å². The van der Waals surface area contributed by atoms with Gasteiger partial charge in [-0.3, -0.25) is 9.59 Å². The molecule has 0 spiro atoms. The van der Waals surface area contributed by atoms with Crippen LogP contribution < -0.4 is 39.3 Å². The fraction of sp³-hybridized carbons (Fsp3) is 0.355. The molecule has 0 aliphatic carbocycles. The highest BCUT2D eigenvalue weighted by Crippen LogP contribution is 2.54. The van der Waals surface area contributed by atoms with Gasteiger partial charge in [-0.15, -0.1) is 0 Å². The van der Waals surface area contributed by atoms with E-state index in [1.807, 2.05) is 0 Å². The highest BCUT2D eigenvalue weighted by molar-refractivity contribution is 6.38. The zero-order valence-electron chi connectivity index (χ0n) is 23.6. The van der Waals surface area contributed by atoms with Gasteiger partial charge in [0.15, 0.2) is 11.5 Å². The third-order valence-corrected chi connectivity index (χ3v) is 7.80. The summed E-state index contributed by atoms with van der Waals surface area (Å²) in [6.07, 6.45) is -1.56. The highest BCUT2D eigenvalue weighted by Gasteiger charge is 2.34. The summed E-state index contributed by atoms with van der Waals surface area (Å²) in [7, 11) is 5.73. The number of fused-ring (bicyclic) bond motifs is 1. The Balaban J connectivity index is 2.13. The minimum atomic E-state index is -0.848. The van der Waals surface area contributed by atoms with Gasteiger partial charge in [-0.05, 0) is 24.6 Å². The molecule has 0 amide bonds. The third-order valence-electron chi connectivity index (χ3n) is 7.80. The lowest BCUT2D eigenvalue weighted by atomic mass is 9.82. The average Bonchev–Trinajstić information content (AvgIpc) is 3.12. The van der Waals surface area contributed by atoms with Gasteiger partial charge in [0.25, 0.3) is 0 Å². The first-order chi connectivity index (χ1) is 19.7. The molecule has 6 rings (SSSR count). The Hall–Kier alpha value is -4.28. The van der Waals surface area contributed by atoms with Crippen molar-refractivity contribution >= 4 is 43.1 Å². The first kappa shape index (κ1) is 26.9. The van der Waals surface area contributed by atoms with Crippen molar-refractivity contribution in [3.63, 3.8) is 0 Å². The Labute approximate surface area is 234 Å². The summed E-state index contributed by atoms with van der Waals surface area (Å²) in [6, 6.07) is 3.27. The van der Waals surface area contributed by atoms with E-state index in [1.165, 1.54) is 28.4 Å². The van der Waals surface area contributed by atoms with Crippen molar-refractivity contribution in [2.75, 3.05) is 35.2 Å². The van der Waals surface area contributed by atoms with Gasteiger partial charge < -0.3 is 38.6 Å². The van der Waals surface area contributed by atoms with E-state index in [4.69, 9.17) is 28.4 Å². The quantitative estimate of drug-likeness (QED) is 0.214. The van der Waals surface area contributed by atoms with Crippen LogP contribution in [-0.2, 0) is 12.8 Å². The minimum Gasteiger partial charge on any atom is -0.496 e. The lowest BCUT2D eigenvalue weighted by Gasteiger charge is -2.24. The number of ether oxygens (including phenoxy) is 6. The molecule has 1 aliphatic heterocycles. The molecule has 2 N–H and O–H groups in total. The van der Waals surface area contributed by atoms with Gasteiger partial charge in [-0.1, -0.05) is 0 Å². The first-order valence-corrected chi connectivity index (χ1v) is 13.2. The molecule has 5 aromatic rings. The summed E-state index contributed by atoms with van der Waals surface area (Å²) in [5, 5.41) is 25.0. The number of hydrogen-bond acceptors (Lipinski definition) is 10. The Kier molecular flexibility index (Phi) is 6.35. The Morgan fingerprint density at radius 1 is 0.634 bits per heavy atom. The van der Waals surface area contributed by atoms with Crippen LogP contribution in [0, 0.1) is 0 Å². The predicted molar refractivity (Wildman–Crippen MR) is 154 cm³/mol. The van der Waals surface area contributed by atoms with Crippen LogP contribution in [0.2, 0.25) is 0 Å². The second-order valence-corrected chi connectivity index (χ2v) is 10.3. The van der Waals surface area contributed by atoms with Crippen molar-refractivity contribution in [2.24, 2.45) is 0 Å². The molecule has 41 heavy (non-hydrogen) atoms. The van der Waals surface area contributed by atoms with Crippen LogP contribution in [0.25, 0.3) is 43.1 Å². The molecular weight excluding hydrogens is 532 g/mol. The van der Waals surface area contributed by atoms with Crippen LogP contribution in [-0.4, -0.2) is 57.7 Å². The van der Waals surface area contributed by atoms with Gasteiger partial charge in [0.05, 0.1) is 51.4 Å². The molecule has 5 aromatic carbocycles. The number of rotatable bonds is 8. The lowest BCUT2D eigenvalue weighted by Crippen LogP contribution is -2.18. The van der Waals surface area contributed by atoms with Crippen LogP contribution in [0.4, 0.5) is 0 Å². The van der Waals surface area contributed by atoms with Gasteiger partial charge in [-0.25, -0.2) is 0 Å². The van der Waals surface area contributed by atoms with Crippen LogP contribution in [0.5, 0.6) is 34.5 Å². The van der Waals surface area contributed by atoms with Crippen molar-refractivity contribution in [2.45, 2.75) is 38.9 Å². The summed E-state index contributed by atoms with van der Waals surface area (Å²) in [4.78, 5) is 28.2. The van der Waals surface area contributed by atoms with Gasteiger partial charge in [0.1, 0.15) is 23.0 Å². The summed E-state index contributed by atoms with van der Waals surface area (Å²) in [5.74, 6) is 1.44. The molecular formula is C31H30O10. The fourth-order valence-corrected chi connectivity index (χ4v) is 6.42. The second-order valence-electron chi connectivity index (χ2n) is 10.3. The van der Waals surface area contributed by atoms with Gasteiger partial charge in [0.2, 0.25) is 17.7 Å². The average molecular weight is 563 g/mol. The Morgan fingerprint density at radius 2 is 1.02 bits per heavy atom. The number of benzene rings is 5.